The zero-order valence-electron chi connectivity index (χ0n) is 13.8. The van der Waals surface area contributed by atoms with Crippen molar-refractivity contribution in [1.82, 2.24) is 19.6 Å². The van der Waals surface area contributed by atoms with Crippen LogP contribution in [-0.4, -0.2) is 34.3 Å². The number of nitrogens with zero attached hydrogens (tertiary/aromatic N) is 4. The number of aromatic nitrogens is 4. The molecule has 0 spiro atoms. The van der Waals surface area contributed by atoms with Gasteiger partial charge in [0.1, 0.15) is 5.03 Å². The summed E-state index contributed by atoms with van der Waals surface area (Å²) < 4.78 is 27.9. The number of thioether (sulfide) groups is 1. The van der Waals surface area contributed by atoms with E-state index in [1.165, 1.54) is 16.3 Å². The van der Waals surface area contributed by atoms with E-state index in [9.17, 15) is 8.42 Å². The minimum atomic E-state index is -3.74. The van der Waals surface area contributed by atoms with Gasteiger partial charge in [-0.25, -0.2) is 17.9 Å². The number of fused-ring (bicyclic) bond motifs is 1. The predicted octanol–water partition coefficient (Wildman–Crippen LogP) is 3.35. The zero-order chi connectivity index (χ0) is 18.1. The number of hydrogen-bond acceptors (Lipinski definition) is 6. The molecule has 0 fully saturated rings. The first-order valence-corrected chi connectivity index (χ1v) is 10.5. The molecule has 0 atom stereocenters. The topological polar surface area (TPSA) is 77.2 Å². The van der Waals surface area contributed by atoms with E-state index in [1.54, 1.807) is 61.2 Å². The van der Waals surface area contributed by atoms with E-state index in [4.69, 9.17) is 0 Å². The second kappa shape index (κ2) is 6.54. The van der Waals surface area contributed by atoms with Gasteiger partial charge >= 0.3 is 0 Å². The third-order valence-electron chi connectivity index (χ3n) is 3.90. The van der Waals surface area contributed by atoms with E-state index < -0.39 is 9.84 Å². The summed E-state index contributed by atoms with van der Waals surface area (Å²) in [7, 11) is -3.74. The summed E-state index contributed by atoms with van der Waals surface area (Å²) in [5.74, 6) is 0. The van der Waals surface area contributed by atoms with E-state index in [0.29, 0.717) is 16.4 Å². The lowest BCUT2D eigenvalue weighted by Gasteiger charge is -2.05. The second-order valence-electron chi connectivity index (χ2n) is 5.47. The monoisotopic (exact) mass is 382 g/mol. The molecule has 0 saturated heterocycles. The Morgan fingerprint density at radius 1 is 1.00 bits per heavy atom. The largest absolute Gasteiger partial charge is 0.265 e. The molecule has 0 saturated carbocycles. The van der Waals surface area contributed by atoms with Gasteiger partial charge in [0.2, 0.25) is 9.84 Å². The van der Waals surface area contributed by atoms with Crippen molar-refractivity contribution in [3.05, 3.63) is 67.1 Å². The summed E-state index contributed by atoms with van der Waals surface area (Å²) in [5, 5.41) is 4.81. The number of benzene rings is 1. The third kappa shape index (κ3) is 2.77. The lowest BCUT2D eigenvalue weighted by atomic mass is 10.2. The molecule has 0 amide bonds. The molecule has 0 radical (unpaired) electrons. The van der Waals surface area contributed by atoms with E-state index in [2.05, 4.69) is 15.1 Å². The van der Waals surface area contributed by atoms with E-state index in [-0.39, 0.29) is 9.79 Å². The molecule has 1 aromatic carbocycles. The van der Waals surface area contributed by atoms with Crippen molar-refractivity contribution in [2.24, 2.45) is 0 Å². The maximum absolute atomic E-state index is 13.2. The highest BCUT2D eigenvalue weighted by Gasteiger charge is 2.28. The first-order valence-electron chi connectivity index (χ1n) is 7.75. The molecule has 0 bridgehead atoms. The summed E-state index contributed by atoms with van der Waals surface area (Å²) in [6, 6.07) is 13.8. The second-order valence-corrected chi connectivity index (χ2v) is 8.15. The average molecular weight is 382 g/mol. The van der Waals surface area contributed by atoms with Crippen LogP contribution in [0, 0.1) is 0 Å². The molecule has 26 heavy (non-hydrogen) atoms. The third-order valence-corrected chi connectivity index (χ3v) is 6.51. The number of rotatable bonds is 4. The molecule has 0 N–H and O–H groups in total. The Balaban J connectivity index is 1.99. The fourth-order valence-electron chi connectivity index (χ4n) is 2.66. The van der Waals surface area contributed by atoms with Crippen LogP contribution in [0.3, 0.4) is 0 Å². The van der Waals surface area contributed by atoms with Crippen LogP contribution < -0.4 is 0 Å². The van der Waals surface area contributed by atoms with Crippen molar-refractivity contribution in [2.45, 2.75) is 14.8 Å². The molecule has 6 nitrogen and oxygen atoms in total. The van der Waals surface area contributed by atoms with Gasteiger partial charge in [0, 0.05) is 24.2 Å². The van der Waals surface area contributed by atoms with Crippen molar-refractivity contribution in [3.8, 4) is 11.3 Å². The Morgan fingerprint density at radius 2 is 1.73 bits per heavy atom. The summed E-state index contributed by atoms with van der Waals surface area (Å²) >= 11 is 1.28. The Bertz CT molecular complexity index is 1170. The minimum absolute atomic E-state index is 0.132. The molecule has 8 heteroatoms. The van der Waals surface area contributed by atoms with Crippen molar-refractivity contribution < 1.29 is 8.42 Å². The molecule has 130 valence electrons. The molecule has 3 heterocycles. The lowest BCUT2D eigenvalue weighted by Crippen LogP contribution is -2.04. The molecule has 0 aliphatic carbocycles. The first-order chi connectivity index (χ1) is 12.6. The van der Waals surface area contributed by atoms with Gasteiger partial charge in [-0.05, 0) is 36.6 Å². The smallest absolute Gasteiger partial charge is 0.213 e. The standard InChI is InChI=1S/C18H14N4O2S2/c1-25-18-16(26(23,24)14-5-3-2-4-6-14)17-20-15(9-12-22(17)21-18)13-7-10-19-11-8-13/h2-12H,1H3. The molecule has 3 aromatic heterocycles. The van der Waals surface area contributed by atoms with Gasteiger partial charge in [-0.15, -0.1) is 11.8 Å². The van der Waals surface area contributed by atoms with Gasteiger partial charge in [0.15, 0.2) is 10.5 Å². The van der Waals surface area contributed by atoms with Gasteiger partial charge in [-0.1, -0.05) is 18.2 Å². The number of sulfone groups is 1. The van der Waals surface area contributed by atoms with Gasteiger partial charge < -0.3 is 0 Å². The van der Waals surface area contributed by atoms with Crippen molar-refractivity contribution >= 4 is 27.2 Å². The lowest BCUT2D eigenvalue weighted by molar-refractivity contribution is 0.594. The van der Waals surface area contributed by atoms with E-state index >= 15 is 0 Å². The first kappa shape index (κ1) is 16.7. The molecule has 4 aromatic rings. The van der Waals surface area contributed by atoms with Crippen LogP contribution in [-0.2, 0) is 9.84 Å². The predicted molar refractivity (Wildman–Crippen MR) is 99.9 cm³/mol. The molecule has 0 unspecified atom stereocenters. The Morgan fingerprint density at radius 3 is 2.42 bits per heavy atom. The van der Waals surface area contributed by atoms with Crippen LogP contribution in [0.2, 0.25) is 0 Å². The van der Waals surface area contributed by atoms with Crippen molar-refractivity contribution in [1.29, 1.82) is 0 Å². The minimum Gasteiger partial charge on any atom is -0.265 e. The molecule has 0 aliphatic rings. The molecule has 0 aliphatic heterocycles. The Labute approximate surface area is 154 Å². The van der Waals surface area contributed by atoms with E-state index in [0.717, 1.165) is 5.56 Å². The summed E-state index contributed by atoms with van der Waals surface area (Å²) in [6.45, 7) is 0. The summed E-state index contributed by atoms with van der Waals surface area (Å²) in [4.78, 5) is 8.94. The summed E-state index contributed by atoms with van der Waals surface area (Å²) in [5.41, 5.74) is 1.84. The number of pyridine rings is 1. The highest BCUT2D eigenvalue weighted by atomic mass is 32.2. The highest BCUT2D eigenvalue weighted by molar-refractivity contribution is 7.99. The summed E-state index contributed by atoms with van der Waals surface area (Å²) in [6.07, 6.45) is 6.87. The average Bonchev–Trinajstić information content (AvgIpc) is 3.08. The van der Waals surface area contributed by atoms with E-state index in [1.807, 2.05) is 12.1 Å². The SMILES string of the molecule is CSc1nn2ccc(-c3ccncc3)nc2c1S(=O)(=O)c1ccccc1. The van der Waals surface area contributed by atoms with Crippen molar-refractivity contribution in [2.75, 3.05) is 6.26 Å². The Kier molecular flexibility index (Phi) is 4.21. The van der Waals surface area contributed by atoms with Crippen LogP contribution >= 0.6 is 11.8 Å². The molecule has 4 rings (SSSR count). The zero-order valence-corrected chi connectivity index (χ0v) is 15.4. The highest BCUT2D eigenvalue weighted by Crippen LogP contribution is 2.32. The van der Waals surface area contributed by atoms with Crippen LogP contribution in [0.15, 0.2) is 81.9 Å². The fourth-order valence-corrected chi connectivity index (χ4v) is 5.09. The van der Waals surface area contributed by atoms with Crippen LogP contribution in [0.5, 0.6) is 0 Å². The molecular formula is C18H14N4O2S2. The quantitative estimate of drug-likeness (QED) is 0.504. The fraction of sp³-hybridized carbons (Fsp3) is 0.0556. The molecular weight excluding hydrogens is 368 g/mol. The maximum atomic E-state index is 13.2. The van der Waals surface area contributed by atoms with Gasteiger partial charge in [0.05, 0.1) is 10.6 Å². The van der Waals surface area contributed by atoms with Gasteiger partial charge in [-0.3, -0.25) is 4.98 Å². The Hall–Kier alpha value is -2.71. The number of hydrogen-bond donors (Lipinski definition) is 0. The van der Waals surface area contributed by atoms with Crippen molar-refractivity contribution in [3.63, 3.8) is 0 Å². The van der Waals surface area contributed by atoms with Crippen LogP contribution in [0.4, 0.5) is 0 Å². The van der Waals surface area contributed by atoms with Crippen LogP contribution in [0.1, 0.15) is 0 Å². The maximum Gasteiger partial charge on any atom is 0.213 e. The van der Waals surface area contributed by atoms with Crippen LogP contribution in [0.25, 0.3) is 16.9 Å². The normalized spacial score (nSPS) is 11.7. The van der Waals surface area contributed by atoms with Gasteiger partial charge in [-0.2, -0.15) is 5.10 Å². The van der Waals surface area contributed by atoms with Gasteiger partial charge in [0.25, 0.3) is 0 Å².